The van der Waals surface area contributed by atoms with Crippen LogP contribution in [0.2, 0.25) is 0 Å². The molecule has 0 unspecified atom stereocenters. The Morgan fingerprint density at radius 1 is 1.25 bits per heavy atom. The first-order chi connectivity index (χ1) is 7.54. The molecule has 1 heterocycles. The minimum absolute atomic E-state index is 0.200. The zero-order valence-electron chi connectivity index (χ0n) is 9.61. The van der Waals surface area contributed by atoms with Gasteiger partial charge in [-0.05, 0) is 32.2 Å². The van der Waals surface area contributed by atoms with Gasteiger partial charge in [-0.3, -0.25) is 0 Å². The number of hydrogen-bond acceptors (Lipinski definition) is 5. The number of rotatable bonds is 6. The minimum atomic E-state index is -2.83. The summed E-state index contributed by atoms with van der Waals surface area (Å²) in [5, 5.41) is 12.0. The maximum Gasteiger partial charge on any atom is 0.150 e. The van der Waals surface area contributed by atoms with Crippen molar-refractivity contribution in [2.24, 2.45) is 5.73 Å². The Kier molecular flexibility index (Phi) is 5.17. The minimum Gasteiger partial charge on any atom is -0.396 e. The average Bonchev–Trinajstić information content (AvgIpc) is 2.27. The number of unbranched alkanes of at least 4 members (excludes halogenated alkanes) is 1. The van der Waals surface area contributed by atoms with E-state index in [-0.39, 0.29) is 23.7 Å². The first-order valence-corrected chi connectivity index (χ1v) is 7.62. The van der Waals surface area contributed by atoms with Crippen molar-refractivity contribution < 1.29 is 13.5 Å². The molecular formula is C10H22N2O3S. The second-order valence-corrected chi connectivity index (χ2v) is 6.80. The fourth-order valence-corrected chi connectivity index (χ4v) is 3.58. The monoisotopic (exact) mass is 250 g/mol. The molecule has 0 atom stereocenters. The molecule has 6 heteroatoms. The van der Waals surface area contributed by atoms with Crippen molar-refractivity contribution in [3.05, 3.63) is 0 Å². The summed E-state index contributed by atoms with van der Waals surface area (Å²) in [7, 11) is -2.83. The van der Waals surface area contributed by atoms with Crippen molar-refractivity contribution in [2.45, 2.75) is 31.2 Å². The van der Waals surface area contributed by atoms with Gasteiger partial charge in [-0.1, -0.05) is 0 Å². The molecule has 0 bridgehead atoms. The molecule has 16 heavy (non-hydrogen) atoms. The van der Waals surface area contributed by atoms with Crippen LogP contribution in [0, 0.1) is 0 Å². The van der Waals surface area contributed by atoms with E-state index in [1.54, 1.807) is 0 Å². The van der Waals surface area contributed by atoms with E-state index >= 15 is 0 Å². The van der Waals surface area contributed by atoms with Crippen LogP contribution in [-0.4, -0.2) is 50.3 Å². The molecule has 1 aliphatic rings. The number of aliphatic hydroxyl groups excluding tert-OH is 1. The molecule has 0 aromatic rings. The van der Waals surface area contributed by atoms with Gasteiger partial charge in [-0.25, -0.2) is 8.42 Å². The van der Waals surface area contributed by atoms with Crippen LogP contribution in [0.5, 0.6) is 0 Å². The van der Waals surface area contributed by atoms with E-state index in [2.05, 4.69) is 5.32 Å². The number of nitrogens with two attached hydrogens (primary N) is 1. The van der Waals surface area contributed by atoms with E-state index in [1.807, 2.05) is 0 Å². The molecule has 5 nitrogen and oxygen atoms in total. The molecule has 1 aliphatic heterocycles. The Bertz CT molecular complexity index is 289. The van der Waals surface area contributed by atoms with Crippen molar-refractivity contribution in [1.82, 2.24) is 5.32 Å². The van der Waals surface area contributed by atoms with E-state index in [0.29, 0.717) is 19.4 Å². The van der Waals surface area contributed by atoms with Crippen molar-refractivity contribution in [1.29, 1.82) is 0 Å². The molecule has 4 N–H and O–H groups in total. The highest BCUT2D eigenvalue weighted by atomic mass is 32.2. The Balaban J connectivity index is 2.40. The molecule has 1 saturated heterocycles. The van der Waals surface area contributed by atoms with Gasteiger partial charge in [0.15, 0.2) is 0 Å². The maximum atomic E-state index is 11.3. The maximum absolute atomic E-state index is 11.3. The molecule has 0 aromatic carbocycles. The number of aliphatic hydroxyl groups is 1. The van der Waals surface area contributed by atoms with Gasteiger partial charge in [0.1, 0.15) is 9.84 Å². The lowest BCUT2D eigenvalue weighted by molar-refractivity contribution is 0.268. The van der Waals surface area contributed by atoms with E-state index < -0.39 is 9.84 Å². The largest absolute Gasteiger partial charge is 0.396 e. The Labute approximate surface area is 97.3 Å². The molecule has 0 aliphatic carbocycles. The molecule has 96 valence electrons. The van der Waals surface area contributed by atoms with Gasteiger partial charge < -0.3 is 16.2 Å². The van der Waals surface area contributed by atoms with Crippen molar-refractivity contribution in [2.75, 3.05) is 31.2 Å². The SMILES string of the molecule is NCC1(NCCCCO)CCS(=O)(=O)CC1. The van der Waals surface area contributed by atoms with Gasteiger partial charge in [-0.2, -0.15) is 0 Å². The van der Waals surface area contributed by atoms with Crippen LogP contribution in [-0.2, 0) is 9.84 Å². The van der Waals surface area contributed by atoms with E-state index in [0.717, 1.165) is 19.4 Å². The lowest BCUT2D eigenvalue weighted by Crippen LogP contribution is -2.55. The summed E-state index contributed by atoms with van der Waals surface area (Å²) in [5.41, 5.74) is 5.53. The molecule has 0 amide bonds. The summed E-state index contributed by atoms with van der Waals surface area (Å²) in [5.74, 6) is 0.467. The van der Waals surface area contributed by atoms with Crippen LogP contribution in [0.25, 0.3) is 0 Å². The fourth-order valence-electron chi connectivity index (χ4n) is 1.97. The van der Waals surface area contributed by atoms with Crippen LogP contribution >= 0.6 is 0 Å². The Morgan fingerprint density at radius 2 is 1.88 bits per heavy atom. The van der Waals surface area contributed by atoms with Crippen LogP contribution < -0.4 is 11.1 Å². The first-order valence-electron chi connectivity index (χ1n) is 5.80. The lowest BCUT2D eigenvalue weighted by atomic mass is 9.92. The average molecular weight is 250 g/mol. The summed E-state index contributed by atoms with van der Waals surface area (Å²) >= 11 is 0. The fraction of sp³-hybridized carbons (Fsp3) is 1.00. The summed E-state index contributed by atoms with van der Waals surface area (Å²) in [6, 6.07) is 0. The number of hydrogen-bond donors (Lipinski definition) is 3. The van der Waals surface area contributed by atoms with E-state index in [4.69, 9.17) is 10.8 Å². The highest BCUT2D eigenvalue weighted by Gasteiger charge is 2.35. The lowest BCUT2D eigenvalue weighted by Gasteiger charge is -2.37. The summed E-state index contributed by atoms with van der Waals surface area (Å²) in [4.78, 5) is 0. The van der Waals surface area contributed by atoms with Gasteiger partial charge in [0.2, 0.25) is 0 Å². The quantitative estimate of drug-likeness (QED) is 0.540. The van der Waals surface area contributed by atoms with Gasteiger partial charge in [-0.15, -0.1) is 0 Å². The van der Waals surface area contributed by atoms with Gasteiger partial charge >= 0.3 is 0 Å². The normalized spacial score (nSPS) is 23.1. The molecule has 0 saturated carbocycles. The van der Waals surface area contributed by atoms with Crippen LogP contribution in [0.1, 0.15) is 25.7 Å². The second-order valence-electron chi connectivity index (χ2n) is 4.49. The van der Waals surface area contributed by atoms with Gasteiger partial charge in [0.05, 0.1) is 11.5 Å². The molecule has 0 spiro atoms. The smallest absolute Gasteiger partial charge is 0.150 e. The molecule has 1 fully saturated rings. The van der Waals surface area contributed by atoms with E-state index in [1.165, 1.54) is 0 Å². The first kappa shape index (κ1) is 13.9. The summed E-state index contributed by atoms with van der Waals surface area (Å²) < 4.78 is 22.7. The third-order valence-electron chi connectivity index (χ3n) is 3.26. The number of sulfone groups is 1. The van der Waals surface area contributed by atoms with Crippen LogP contribution in [0.15, 0.2) is 0 Å². The van der Waals surface area contributed by atoms with Gasteiger partial charge in [0.25, 0.3) is 0 Å². The molecule has 0 aromatic heterocycles. The Hall–Kier alpha value is -0.170. The van der Waals surface area contributed by atoms with Crippen LogP contribution in [0.3, 0.4) is 0 Å². The second kappa shape index (κ2) is 5.95. The topological polar surface area (TPSA) is 92.4 Å². The predicted molar refractivity (Wildman–Crippen MR) is 64.0 cm³/mol. The third-order valence-corrected chi connectivity index (χ3v) is 4.91. The zero-order valence-corrected chi connectivity index (χ0v) is 10.4. The standard InChI is InChI=1S/C10H22N2O3S/c11-9-10(12-5-1-2-6-13)3-7-16(14,15)8-4-10/h12-13H,1-9,11H2. The predicted octanol–water partition coefficient (Wildman–Crippen LogP) is -0.745. The van der Waals surface area contributed by atoms with Crippen molar-refractivity contribution >= 4 is 9.84 Å². The summed E-state index contributed by atoms with van der Waals surface area (Å²) in [6.07, 6.45) is 2.87. The zero-order chi connectivity index (χ0) is 12.1. The number of nitrogens with one attached hydrogen (secondary N) is 1. The summed E-state index contributed by atoms with van der Waals surface area (Å²) in [6.45, 7) is 1.46. The van der Waals surface area contributed by atoms with E-state index in [9.17, 15) is 8.42 Å². The molecule has 0 radical (unpaired) electrons. The molecular weight excluding hydrogens is 228 g/mol. The van der Waals surface area contributed by atoms with Gasteiger partial charge in [0, 0.05) is 18.7 Å². The van der Waals surface area contributed by atoms with Crippen molar-refractivity contribution in [3.8, 4) is 0 Å². The van der Waals surface area contributed by atoms with Crippen LogP contribution in [0.4, 0.5) is 0 Å². The Morgan fingerprint density at radius 3 is 2.38 bits per heavy atom. The molecule has 1 rings (SSSR count). The third kappa shape index (κ3) is 4.01. The highest BCUT2D eigenvalue weighted by molar-refractivity contribution is 7.91. The highest BCUT2D eigenvalue weighted by Crippen LogP contribution is 2.22. The van der Waals surface area contributed by atoms with Crippen molar-refractivity contribution in [3.63, 3.8) is 0 Å².